The lowest BCUT2D eigenvalue weighted by atomic mass is 9.94. The number of hydrogen-bond acceptors (Lipinski definition) is 5. The van der Waals surface area contributed by atoms with Gasteiger partial charge in [0.05, 0.1) is 21.8 Å². The second kappa shape index (κ2) is 7.95. The Bertz CT molecular complexity index is 1290. The van der Waals surface area contributed by atoms with Crippen LogP contribution in [0.1, 0.15) is 29.0 Å². The van der Waals surface area contributed by atoms with Gasteiger partial charge in [0.2, 0.25) is 0 Å². The van der Waals surface area contributed by atoms with Crippen molar-refractivity contribution in [2.24, 2.45) is 5.92 Å². The van der Waals surface area contributed by atoms with E-state index in [1.54, 1.807) is 23.7 Å². The molecule has 2 atom stereocenters. The van der Waals surface area contributed by atoms with Crippen LogP contribution in [-0.4, -0.2) is 39.1 Å². The Labute approximate surface area is 191 Å². The first-order chi connectivity index (χ1) is 15.7. The number of fused-ring (bicyclic) bond motifs is 1. The summed E-state index contributed by atoms with van der Waals surface area (Å²) in [6, 6.07) is 5.58. The lowest BCUT2D eigenvalue weighted by Gasteiger charge is -2.21. The number of H-pyrrole nitrogens is 1. The van der Waals surface area contributed by atoms with Gasteiger partial charge in [-0.3, -0.25) is 14.3 Å². The number of aryl methyl sites for hydroxylation is 2. The van der Waals surface area contributed by atoms with Crippen LogP contribution in [0.15, 0.2) is 45.4 Å². The lowest BCUT2D eigenvalue weighted by molar-refractivity contribution is -0.137. The van der Waals surface area contributed by atoms with Crippen LogP contribution in [0.4, 0.5) is 13.2 Å². The van der Waals surface area contributed by atoms with Gasteiger partial charge in [-0.1, -0.05) is 12.1 Å². The molecule has 2 aliphatic rings. The molecule has 1 aromatic carbocycles. The summed E-state index contributed by atoms with van der Waals surface area (Å²) in [6.45, 7) is 4.81. The normalized spacial score (nSPS) is 22.5. The standard InChI is InChI=1S/C23H23F3N4O2S/c1-14-27-19(12-33-14)18-11-30(21(32)28-20(18)31)8-2-7-29-10-17-9-22(17,13-29)15-3-5-16(6-4-15)23(24,25)26/h3-6,11-12,17H,2,7-10,13H2,1H3,(H,28,31,32)/t17-,22+/m0/s1. The second-order valence-electron chi connectivity index (χ2n) is 8.97. The van der Waals surface area contributed by atoms with E-state index in [1.807, 2.05) is 6.92 Å². The van der Waals surface area contributed by atoms with Gasteiger partial charge in [-0.05, 0) is 49.9 Å². The van der Waals surface area contributed by atoms with Crippen molar-refractivity contribution in [3.8, 4) is 11.3 Å². The SMILES string of the molecule is Cc1nc(-c2cn(CCCN3C[C@@H]4C[C@]4(c4ccc(C(F)(F)F)cc4)C3)c(=O)[nH]c2=O)cs1. The average molecular weight is 477 g/mol. The number of rotatable bonds is 6. The molecule has 0 amide bonds. The summed E-state index contributed by atoms with van der Waals surface area (Å²) in [5, 5.41) is 2.64. The molecule has 1 N–H and O–H groups in total. The highest BCUT2D eigenvalue weighted by molar-refractivity contribution is 7.09. The highest BCUT2D eigenvalue weighted by Gasteiger charge is 2.60. The van der Waals surface area contributed by atoms with E-state index in [2.05, 4.69) is 14.9 Å². The third-order valence-electron chi connectivity index (χ3n) is 6.78. The fourth-order valence-corrected chi connectivity index (χ4v) is 5.62. The predicted octanol–water partition coefficient (Wildman–Crippen LogP) is 3.65. The van der Waals surface area contributed by atoms with Gasteiger partial charge < -0.3 is 4.90 Å². The van der Waals surface area contributed by atoms with Gasteiger partial charge in [0, 0.05) is 36.6 Å². The van der Waals surface area contributed by atoms with Gasteiger partial charge in [0.1, 0.15) is 0 Å². The first-order valence-electron chi connectivity index (χ1n) is 10.8. The fourth-order valence-electron chi connectivity index (χ4n) is 5.00. The first kappa shape index (κ1) is 22.1. The van der Waals surface area contributed by atoms with E-state index in [0.717, 1.165) is 43.0 Å². The Kier molecular flexibility index (Phi) is 5.32. The number of nitrogens with zero attached hydrogens (tertiary/aromatic N) is 3. The zero-order valence-corrected chi connectivity index (χ0v) is 18.8. The average Bonchev–Trinajstić information content (AvgIpc) is 3.09. The van der Waals surface area contributed by atoms with Crippen LogP contribution in [0.3, 0.4) is 0 Å². The minimum atomic E-state index is -4.32. The molecule has 10 heteroatoms. The Hall–Kier alpha value is -2.72. The Morgan fingerprint density at radius 3 is 2.64 bits per heavy atom. The van der Waals surface area contributed by atoms with Crippen molar-refractivity contribution >= 4 is 11.3 Å². The Morgan fingerprint density at radius 1 is 1.21 bits per heavy atom. The second-order valence-corrected chi connectivity index (χ2v) is 10.0. The van der Waals surface area contributed by atoms with Gasteiger partial charge in [-0.15, -0.1) is 11.3 Å². The fraction of sp³-hybridized carbons (Fsp3) is 0.435. The molecule has 3 heterocycles. The van der Waals surface area contributed by atoms with E-state index in [9.17, 15) is 22.8 Å². The third kappa shape index (κ3) is 4.17. The van der Waals surface area contributed by atoms with Crippen LogP contribution < -0.4 is 11.2 Å². The number of halogens is 3. The zero-order chi connectivity index (χ0) is 23.4. The van der Waals surface area contributed by atoms with Crippen LogP contribution in [0.5, 0.6) is 0 Å². The molecule has 0 unspecified atom stereocenters. The van der Waals surface area contributed by atoms with Gasteiger partial charge in [-0.25, -0.2) is 9.78 Å². The maximum absolute atomic E-state index is 12.9. The van der Waals surface area contributed by atoms with Crippen molar-refractivity contribution < 1.29 is 13.2 Å². The minimum absolute atomic E-state index is 0.0470. The van der Waals surface area contributed by atoms with E-state index < -0.39 is 23.0 Å². The van der Waals surface area contributed by atoms with E-state index in [4.69, 9.17) is 0 Å². The van der Waals surface area contributed by atoms with Gasteiger partial charge in [0.25, 0.3) is 5.56 Å². The van der Waals surface area contributed by atoms with Crippen molar-refractivity contribution in [1.82, 2.24) is 19.4 Å². The van der Waals surface area contributed by atoms with Crippen LogP contribution in [-0.2, 0) is 18.1 Å². The molecule has 0 bridgehead atoms. The number of nitrogens with one attached hydrogen (secondary N) is 1. The van der Waals surface area contributed by atoms with Crippen molar-refractivity contribution in [3.05, 3.63) is 72.8 Å². The number of aromatic amines is 1. The van der Waals surface area contributed by atoms with E-state index in [-0.39, 0.29) is 5.41 Å². The molecule has 174 valence electrons. The number of thiazole rings is 1. The van der Waals surface area contributed by atoms with Crippen molar-refractivity contribution in [2.45, 2.75) is 37.9 Å². The van der Waals surface area contributed by atoms with Crippen molar-refractivity contribution in [1.29, 1.82) is 0 Å². The predicted molar refractivity (Wildman–Crippen MR) is 119 cm³/mol. The lowest BCUT2D eigenvalue weighted by Crippen LogP contribution is -2.32. The van der Waals surface area contributed by atoms with Crippen molar-refractivity contribution in [3.63, 3.8) is 0 Å². The minimum Gasteiger partial charge on any atom is -0.302 e. The summed E-state index contributed by atoms with van der Waals surface area (Å²) in [5.74, 6) is 0.463. The van der Waals surface area contributed by atoms with Gasteiger partial charge in [0.15, 0.2) is 0 Å². The number of alkyl halides is 3. The number of hydrogen-bond donors (Lipinski definition) is 1. The van der Waals surface area contributed by atoms with Gasteiger partial charge in [-0.2, -0.15) is 13.2 Å². The molecule has 1 saturated carbocycles. The van der Waals surface area contributed by atoms with Crippen LogP contribution in [0, 0.1) is 12.8 Å². The maximum atomic E-state index is 12.9. The molecular weight excluding hydrogens is 453 g/mol. The monoisotopic (exact) mass is 476 g/mol. The Morgan fingerprint density at radius 2 is 1.97 bits per heavy atom. The number of aromatic nitrogens is 3. The third-order valence-corrected chi connectivity index (χ3v) is 7.56. The van der Waals surface area contributed by atoms with Crippen LogP contribution in [0.2, 0.25) is 0 Å². The first-order valence-corrected chi connectivity index (χ1v) is 11.7. The topological polar surface area (TPSA) is 71.0 Å². The summed E-state index contributed by atoms with van der Waals surface area (Å²) in [6.07, 6.45) is -1.03. The zero-order valence-electron chi connectivity index (χ0n) is 18.0. The highest BCUT2D eigenvalue weighted by atomic mass is 32.1. The highest BCUT2D eigenvalue weighted by Crippen LogP contribution is 2.59. The summed E-state index contributed by atoms with van der Waals surface area (Å²) in [5.41, 5.74) is 0.361. The number of piperidine rings is 1. The molecule has 2 fully saturated rings. The summed E-state index contributed by atoms with van der Waals surface area (Å²) in [7, 11) is 0. The summed E-state index contributed by atoms with van der Waals surface area (Å²) >= 11 is 1.44. The van der Waals surface area contributed by atoms with E-state index >= 15 is 0 Å². The molecule has 3 aromatic rings. The molecule has 33 heavy (non-hydrogen) atoms. The van der Waals surface area contributed by atoms with E-state index in [1.165, 1.54) is 28.0 Å². The molecule has 2 aromatic heterocycles. The maximum Gasteiger partial charge on any atom is 0.416 e. The molecule has 0 spiro atoms. The smallest absolute Gasteiger partial charge is 0.302 e. The molecule has 1 aliphatic carbocycles. The molecular formula is C23H23F3N4O2S. The molecule has 5 rings (SSSR count). The van der Waals surface area contributed by atoms with Crippen LogP contribution in [0.25, 0.3) is 11.3 Å². The number of benzene rings is 1. The summed E-state index contributed by atoms with van der Waals surface area (Å²) < 4.78 is 40.1. The van der Waals surface area contributed by atoms with Crippen molar-refractivity contribution in [2.75, 3.05) is 19.6 Å². The Balaban J connectivity index is 1.22. The van der Waals surface area contributed by atoms with Crippen LogP contribution >= 0.6 is 11.3 Å². The molecule has 0 radical (unpaired) electrons. The largest absolute Gasteiger partial charge is 0.416 e. The molecule has 6 nitrogen and oxygen atoms in total. The summed E-state index contributed by atoms with van der Waals surface area (Å²) in [4.78, 5) is 33.5. The van der Waals surface area contributed by atoms with Gasteiger partial charge >= 0.3 is 11.9 Å². The molecule has 1 saturated heterocycles. The quantitative estimate of drug-likeness (QED) is 0.590. The van der Waals surface area contributed by atoms with E-state index in [0.29, 0.717) is 23.7 Å². The molecule has 1 aliphatic heterocycles. The number of likely N-dealkylation sites (tertiary alicyclic amines) is 1.